The topological polar surface area (TPSA) is 116 Å². The highest BCUT2D eigenvalue weighted by Crippen LogP contribution is 2.23. The van der Waals surface area contributed by atoms with E-state index in [9.17, 15) is 24.5 Å². The number of nitrogens with zero attached hydrogens (tertiary/aromatic N) is 1. The third-order valence-corrected chi connectivity index (χ3v) is 5.20. The molecule has 0 saturated heterocycles. The molecule has 0 radical (unpaired) electrons. The Labute approximate surface area is 176 Å². The second-order valence-electron chi connectivity index (χ2n) is 7.12. The van der Waals surface area contributed by atoms with Crippen molar-refractivity contribution >= 4 is 46.3 Å². The van der Waals surface area contributed by atoms with E-state index in [0.29, 0.717) is 11.4 Å². The summed E-state index contributed by atoms with van der Waals surface area (Å²) < 4.78 is 4.97. The van der Waals surface area contributed by atoms with Crippen molar-refractivity contribution in [1.82, 2.24) is 5.32 Å². The predicted molar refractivity (Wildman–Crippen MR) is 108 cm³/mol. The summed E-state index contributed by atoms with van der Waals surface area (Å²) in [5, 5.41) is 13.4. The van der Waals surface area contributed by atoms with Gasteiger partial charge in [-0.25, -0.2) is 4.79 Å². The maximum absolute atomic E-state index is 12.2. The molecule has 2 aromatic rings. The van der Waals surface area contributed by atoms with Crippen molar-refractivity contribution in [1.29, 1.82) is 0 Å². The van der Waals surface area contributed by atoms with E-state index in [1.807, 2.05) is 0 Å². The number of Topliss-reactive ketones (excluding diaryl/α,β-unsaturated/α-hetero) is 1. The van der Waals surface area contributed by atoms with Gasteiger partial charge >= 0.3 is 5.97 Å². The number of carbonyl (C=O) groups excluding carboxylic acids is 3. The van der Waals surface area contributed by atoms with Gasteiger partial charge in [0.05, 0.1) is 26.9 Å². The number of halogens is 1. The van der Waals surface area contributed by atoms with Crippen LogP contribution in [0.5, 0.6) is 0 Å². The lowest BCUT2D eigenvalue weighted by molar-refractivity contribution is -0.384. The summed E-state index contributed by atoms with van der Waals surface area (Å²) in [5.74, 6) is -1.37. The zero-order chi connectivity index (χ0) is 21.8. The van der Waals surface area contributed by atoms with Crippen molar-refractivity contribution in [2.45, 2.75) is 27.3 Å². The fourth-order valence-corrected chi connectivity index (χ4v) is 3.24. The van der Waals surface area contributed by atoms with Crippen LogP contribution in [0.1, 0.15) is 45.7 Å². The maximum Gasteiger partial charge on any atom is 0.340 e. The lowest BCUT2D eigenvalue weighted by Crippen LogP contribution is -2.34. The summed E-state index contributed by atoms with van der Waals surface area (Å²) in [5.41, 5.74) is -0.836. The molecule has 2 rings (SSSR count). The van der Waals surface area contributed by atoms with Gasteiger partial charge in [-0.05, 0) is 18.2 Å². The van der Waals surface area contributed by atoms with E-state index in [4.69, 9.17) is 16.3 Å². The normalized spacial score (nSPS) is 11.0. The van der Waals surface area contributed by atoms with Crippen LogP contribution in [0.25, 0.3) is 0 Å². The van der Waals surface area contributed by atoms with Gasteiger partial charge in [0.15, 0.2) is 6.61 Å². The molecule has 1 N–H and O–H groups in total. The number of ether oxygens (including phenoxy) is 1. The zero-order valence-electron chi connectivity index (χ0n) is 16.0. The van der Waals surface area contributed by atoms with Crippen molar-refractivity contribution in [3.05, 3.63) is 60.8 Å². The Morgan fingerprint density at radius 3 is 2.48 bits per heavy atom. The molecule has 0 aliphatic rings. The van der Waals surface area contributed by atoms with Crippen LogP contribution in [0, 0.1) is 15.5 Å². The highest BCUT2D eigenvalue weighted by Gasteiger charge is 2.21. The molecule has 0 aliphatic heterocycles. The fraction of sp³-hybridized carbons (Fsp3) is 0.316. The molecule has 0 aliphatic carbocycles. The van der Waals surface area contributed by atoms with Crippen LogP contribution >= 0.6 is 22.9 Å². The number of nitro groups is 1. The number of benzene rings is 1. The van der Waals surface area contributed by atoms with E-state index in [2.05, 4.69) is 5.32 Å². The van der Waals surface area contributed by atoms with Gasteiger partial charge in [0, 0.05) is 22.4 Å². The first-order chi connectivity index (χ1) is 13.5. The number of ketones is 1. The van der Waals surface area contributed by atoms with Crippen molar-refractivity contribution in [2.24, 2.45) is 5.41 Å². The van der Waals surface area contributed by atoms with Gasteiger partial charge in [0.1, 0.15) is 0 Å². The molecule has 0 bridgehead atoms. The number of amides is 1. The van der Waals surface area contributed by atoms with E-state index < -0.39 is 28.7 Å². The van der Waals surface area contributed by atoms with Crippen LogP contribution in [-0.2, 0) is 16.1 Å². The number of nitro benzene ring substituents is 1. The highest BCUT2D eigenvalue weighted by atomic mass is 35.5. The third kappa shape index (κ3) is 6.10. The van der Waals surface area contributed by atoms with Crippen LogP contribution in [0.2, 0.25) is 5.02 Å². The van der Waals surface area contributed by atoms with E-state index >= 15 is 0 Å². The number of carbonyl (C=O) groups is 3. The minimum Gasteiger partial charge on any atom is -0.454 e. The summed E-state index contributed by atoms with van der Waals surface area (Å²) in [6, 6.07) is 6.65. The smallest absolute Gasteiger partial charge is 0.340 e. The minimum atomic E-state index is -0.854. The van der Waals surface area contributed by atoms with Crippen molar-refractivity contribution in [3.8, 4) is 0 Å². The van der Waals surface area contributed by atoms with Crippen LogP contribution < -0.4 is 5.32 Å². The first-order valence-electron chi connectivity index (χ1n) is 8.50. The molecule has 0 fully saturated rings. The molecule has 0 atom stereocenters. The lowest BCUT2D eigenvalue weighted by atomic mass is 9.96. The summed E-state index contributed by atoms with van der Waals surface area (Å²) in [6.07, 6.45) is 0. The van der Waals surface area contributed by atoms with E-state index in [1.165, 1.54) is 17.4 Å². The average molecular weight is 439 g/mol. The van der Waals surface area contributed by atoms with E-state index in [-0.39, 0.29) is 22.2 Å². The van der Waals surface area contributed by atoms with Gasteiger partial charge in [0.2, 0.25) is 11.7 Å². The van der Waals surface area contributed by atoms with Gasteiger partial charge in [-0.3, -0.25) is 19.7 Å². The highest BCUT2D eigenvalue weighted by molar-refractivity contribution is 7.14. The van der Waals surface area contributed by atoms with Gasteiger partial charge < -0.3 is 10.1 Å². The van der Waals surface area contributed by atoms with Crippen LogP contribution in [0.15, 0.2) is 30.3 Å². The molecule has 1 aromatic heterocycles. The number of esters is 1. The largest absolute Gasteiger partial charge is 0.454 e. The molecule has 1 amide bonds. The quantitative estimate of drug-likeness (QED) is 0.302. The molecule has 29 heavy (non-hydrogen) atoms. The Bertz CT molecular complexity index is 964. The molecule has 8 nitrogen and oxygen atoms in total. The average Bonchev–Trinajstić information content (AvgIpc) is 3.12. The number of hydrogen-bond acceptors (Lipinski definition) is 7. The second kappa shape index (κ2) is 9.15. The van der Waals surface area contributed by atoms with Crippen molar-refractivity contribution in [2.75, 3.05) is 6.61 Å². The predicted octanol–water partition coefficient (Wildman–Crippen LogP) is 4.01. The lowest BCUT2D eigenvalue weighted by Gasteiger charge is -2.17. The first-order valence-corrected chi connectivity index (χ1v) is 9.69. The Hall–Kier alpha value is -2.78. The van der Waals surface area contributed by atoms with E-state index in [0.717, 1.165) is 17.0 Å². The summed E-state index contributed by atoms with van der Waals surface area (Å²) in [4.78, 5) is 47.5. The Morgan fingerprint density at radius 2 is 1.90 bits per heavy atom. The number of non-ortho nitro benzene ring substituents is 1. The Kier molecular flexibility index (Phi) is 7.10. The Balaban J connectivity index is 1.93. The zero-order valence-corrected chi connectivity index (χ0v) is 17.6. The van der Waals surface area contributed by atoms with Crippen LogP contribution in [-0.4, -0.2) is 29.2 Å². The third-order valence-electron chi connectivity index (χ3n) is 3.76. The molecule has 0 spiro atoms. The van der Waals surface area contributed by atoms with Gasteiger partial charge in [-0.15, -0.1) is 11.3 Å². The number of thiophene rings is 1. The number of nitrogens with one attached hydrogen (secondary N) is 1. The molecule has 0 saturated carbocycles. The summed E-state index contributed by atoms with van der Waals surface area (Å²) in [7, 11) is 0. The SMILES string of the molecule is CC(C)(C)C(=O)NCc1ccc(C(=O)COC(=O)c2ccc([N+](=O)[O-])cc2Cl)s1. The van der Waals surface area contributed by atoms with Crippen LogP contribution in [0.4, 0.5) is 5.69 Å². The molecule has 0 unspecified atom stereocenters. The summed E-state index contributed by atoms with van der Waals surface area (Å²) >= 11 is 7.07. The monoisotopic (exact) mass is 438 g/mol. The second-order valence-corrected chi connectivity index (χ2v) is 8.69. The molecule has 1 heterocycles. The molecule has 1 aromatic carbocycles. The fourth-order valence-electron chi connectivity index (χ4n) is 2.12. The van der Waals surface area contributed by atoms with Crippen molar-refractivity contribution < 1.29 is 24.0 Å². The maximum atomic E-state index is 12.2. The van der Waals surface area contributed by atoms with Crippen molar-refractivity contribution in [3.63, 3.8) is 0 Å². The van der Waals surface area contributed by atoms with Crippen LogP contribution in [0.3, 0.4) is 0 Å². The first kappa shape index (κ1) is 22.5. The molecule has 10 heteroatoms. The standard InChI is InChI=1S/C19H19ClN2O6S/c1-19(2,3)18(25)21-9-12-5-7-16(29-12)15(23)10-28-17(24)13-6-4-11(22(26)27)8-14(13)20/h4-8H,9-10H2,1-3H3,(H,21,25). The Morgan fingerprint density at radius 1 is 1.21 bits per heavy atom. The van der Waals surface area contributed by atoms with E-state index in [1.54, 1.807) is 32.9 Å². The van der Waals surface area contributed by atoms with Gasteiger partial charge in [-0.2, -0.15) is 0 Å². The molecule has 154 valence electrons. The van der Waals surface area contributed by atoms with Gasteiger partial charge in [0.25, 0.3) is 5.69 Å². The number of hydrogen-bond donors (Lipinski definition) is 1. The summed E-state index contributed by atoms with van der Waals surface area (Å²) in [6.45, 7) is 5.21. The minimum absolute atomic E-state index is 0.0678. The van der Waals surface area contributed by atoms with Gasteiger partial charge in [-0.1, -0.05) is 32.4 Å². The molecular weight excluding hydrogens is 420 g/mol. The number of rotatable bonds is 7. The molecular formula is C19H19ClN2O6S.